The summed E-state index contributed by atoms with van der Waals surface area (Å²) in [6, 6.07) is 7.93. The number of guanidine groups is 2. The molecule has 128 valence electrons. The lowest BCUT2D eigenvalue weighted by atomic mass is 10.2. The van der Waals surface area contributed by atoms with Crippen LogP contribution in [0.2, 0.25) is 0 Å². The SMILES string of the molecule is Br.Cc1ccc(OCCCON2C(N)=NC(N)=NC2(C)C)cc1. The minimum atomic E-state index is -0.673. The summed E-state index contributed by atoms with van der Waals surface area (Å²) in [7, 11) is 0. The van der Waals surface area contributed by atoms with Gasteiger partial charge in [-0.15, -0.1) is 17.0 Å². The van der Waals surface area contributed by atoms with Crippen LogP contribution in [0.3, 0.4) is 0 Å². The molecule has 0 saturated heterocycles. The maximum Gasteiger partial charge on any atom is 0.226 e. The van der Waals surface area contributed by atoms with E-state index in [4.69, 9.17) is 21.0 Å². The second-order valence-corrected chi connectivity index (χ2v) is 5.58. The molecule has 1 aliphatic heterocycles. The molecule has 1 heterocycles. The Morgan fingerprint density at radius 2 is 1.78 bits per heavy atom. The predicted octanol–water partition coefficient (Wildman–Crippen LogP) is 1.95. The molecule has 0 aliphatic carbocycles. The Balaban J connectivity index is 0.00000264. The number of nitrogens with two attached hydrogens (primary N) is 2. The van der Waals surface area contributed by atoms with Gasteiger partial charge in [0.25, 0.3) is 0 Å². The zero-order valence-electron chi connectivity index (χ0n) is 13.7. The maximum atomic E-state index is 5.82. The molecule has 0 saturated carbocycles. The molecule has 0 fully saturated rings. The number of nitrogens with zero attached hydrogens (tertiary/aromatic N) is 3. The van der Waals surface area contributed by atoms with Gasteiger partial charge in [-0.1, -0.05) is 17.7 Å². The Labute approximate surface area is 147 Å². The van der Waals surface area contributed by atoms with Crippen LogP contribution in [0.4, 0.5) is 0 Å². The molecule has 8 heteroatoms. The summed E-state index contributed by atoms with van der Waals surface area (Å²) in [6.07, 6.45) is 0.715. The molecule has 0 bridgehead atoms. The molecular weight excluding hydrogens is 362 g/mol. The molecule has 0 amide bonds. The first-order valence-corrected chi connectivity index (χ1v) is 7.20. The molecule has 0 spiro atoms. The molecule has 0 aromatic heterocycles. The molecular formula is C15H24BrN5O2. The van der Waals surface area contributed by atoms with Crippen LogP contribution < -0.4 is 16.2 Å². The molecule has 1 aromatic carbocycles. The van der Waals surface area contributed by atoms with Gasteiger partial charge in [0.1, 0.15) is 5.75 Å². The summed E-state index contributed by atoms with van der Waals surface area (Å²) < 4.78 is 5.64. The van der Waals surface area contributed by atoms with Crippen LogP contribution in [-0.4, -0.2) is 35.9 Å². The van der Waals surface area contributed by atoms with E-state index in [2.05, 4.69) is 9.98 Å². The van der Waals surface area contributed by atoms with E-state index in [1.54, 1.807) is 0 Å². The van der Waals surface area contributed by atoms with Crippen LogP contribution in [-0.2, 0) is 4.84 Å². The summed E-state index contributed by atoms with van der Waals surface area (Å²) in [5.41, 5.74) is 12.0. The molecule has 23 heavy (non-hydrogen) atoms. The van der Waals surface area contributed by atoms with E-state index in [9.17, 15) is 0 Å². The zero-order valence-corrected chi connectivity index (χ0v) is 15.4. The molecule has 0 radical (unpaired) electrons. The van der Waals surface area contributed by atoms with Gasteiger partial charge in [-0.2, -0.15) is 10.1 Å². The third kappa shape index (κ3) is 5.40. The van der Waals surface area contributed by atoms with E-state index in [1.165, 1.54) is 10.6 Å². The van der Waals surface area contributed by atoms with Crippen LogP contribution >= 0.6 is 17.0 Å². The summed E-state index contributed by atoms with van der Waals surface area (Å²) in [5.74, 6) is 1.21. The van der Waals surface area contributed by atoms with Gasteiger partial charge in [0.05, 0.1) is 13.2 Å². The number of aliphatic imine (C=N–C) groups is 2. The Kier molecular flexibility index (Phi) is 6.83. The van der Waals surface area contributed by atoms with E-state index in [-0.39, 0.29) is 28.9 Å². The zero-order chi connectivity index (χ0) is 16.2. The van der Waals surface area contributed by atoms with Crippen LogP contribution in [0.25, 0.3) is 0 Å². The highest BCUT2D eigenvalue weighted by Gasteiger charge is 2.32. The number of hydroxylamine groups is 2. The van der Waals surface area contributed by atoms with Crippen molar-refractivity contribution in [2.75, 3.05) is 13.2 Å². The fourth-order valence-electron chi connectivity index (χ4n) is 2.06. The van der Waals surface area contributed by atoms with Crippen molar-refractivity contribution in [2.45, 2.75) is 32.9 Å². The van der Waals surface area contributed by atoms with Crippen molar-refractivity contribution in [3.05, 3.63) is 29.8 Å². The van der Waals surface area contributed by atoms with Crippen LogP contribution in [0.1, 0.15) is 25.8 Å². The van der Waals surface area contributed by atoms with Crippen LogP contribution in [0.5, 0.6) is 5.75 Å². The Morgan fingerprint density at radius 1 is 1.13 bits per heavy atom. The second-order valence-electron chi connectivity index (χ2n) is 5.58. The van der Waals surface area contributed by atoms with Gasteiger partial charge in [0.15, 0.2) is 5.66 Å². The molecule has 0 unspecified atom stereocenters. The van der Waals surface area contributed by atoms with Gasteiger partial charge in [0, 0.05) is 6.42 Å². The first-order chi connectivity index (χ1) is 10.4. The predicted molar refractivity (Wildman–Crippen MR) is 96.7 cm³/mol. The lowest BCUT2D eigenvalue weighted by Gasteiger charge is -2.36. The first-order valence-electron chi connectivity index (χ1n) is 7.20. The van der Waals surface area contributed by atoms with Crippen molar-refractivity contribution >= 4 is 28.9 Å². The first kappa shape index (κ1) is 19.2. The number of hydrogen-bond donors (Lipinski definition) is 2. The second kappa shape index (κ2) is 8.16. The molecule has 4 N–H and O–H groups in total. The number of ether oxygens (including phenoxy) is 1. The number of hydrogen-bond acceptors (Lipinski definition) is 7. The van der Waals surface area contributed by atoms with Gasteiger partial charge >= 0.3 is 0 Å². The highest BCUT2D eigenvalue weighted by Crippen LogP contribution is 2.19. The minimum Gasteiger partial charge on any atom is -0.494 e. The maximum absolute atomic E-state index is 5.82. The number of benzene rings is 1. The topological polar surface area (TPSA) is 98.5 Å². The van der Waals surface area contributed by atoms with Crippen LogP contribution in [0, 0.1) is 6.92 Å². The third-order valence-corrected chi connectivity index (χ3v) is 3.12. The summed E-state index contributed by atoms with van der Waals surface area (Å²) in [6.45, 7) is 6.74. The van der Waals surface area contributed by atoms with Crippen molar-refractivity contribution in [1.29, 1.82) is 0 Å². The van der Waals surface area contributed by atoms with Gasteiger partial charge in [-0.3, -0.25) is 4.84 Å². The normalized spacial score (nSPS) is 16.2. The highest BCUT2D eigenvalue weighted by atomic mass is 79.9. The number of rotatable bonds is 6. The quantitative estimate of drug-likeness (QED) is 0.729. The smallest absolute Gasteiger partial charge is 0.226 e. The molecule has 7 nitrogen and oxygen atoms in total. The number of aryl methyl sites for hydroxylation is 1. The summed E-state index contributed by atoms with van der Waals surface area (Å²) in [4.78, 5) is 13.8. The largest absolute Gasteiger partial charge is 0.494 e. The molecule has 1 aromatic rings. The average molecular weight is 386 g/mol. The van der Waals surface area contributed by atoms with E-state index in [0.717, 1.165) is 5.75 Å². The third-order valence-electron chi connectivity index (χ3n) is 3.12. The Hall–Kier alpha value is -1.80. The van der Waals surface area contributed by atoms with E-state index in [1.807, 2.05) is 45.0 Å². The minimum absolute atomic E-state index is 0. The van der Waals surface area contributed by atoms with Gasteiger partial charge < -0.3 is 16.2 Å². The Bertz CT molecular complexity index is 572. The summed E-state index contributed by atoms with van der Waals surface area (Å²) >= 11 is 0. The summed E-state index contributed by atoms with van der Waals surface area (Å²) in [5, 5.41) is 1.47. The van der Waals surface area contributed by atoms with Gasteiger partial charge in [-0.25, -0.2) is 4.99 Å². The average Bonchev–Trinajstić information content (AvgIpc) is 2.42. The van der Waals surface area contributed by atoms with Crippen molar-refractivity contribution in [3.63, 3.8) is 0 Å². The fourth-order valence-corrected chi connectivity index (χ4v) is 2.06. The lowest BCUT2D eigenvalue weighted by molar-refractivity contribution is -0.158. The van der Waals surface area contributed by atoms with Crippen molar-refractivity contribution in [2.24, 2.45) is 21.5 Å². The van der Waals surface area contributed by atoms with Crippen molar-refractivity contribution < 1.29 is 9.57 Å². The van der Waals surface area contributed by atoms with E-state index in [0.29, 0.717) is 19.6 Å². The van der Waals surface area contributed by atoms with E-state index < -0.39 is 5.66 Å². The molecule has 0 atom stereocenters. The lowest BCUT2D eigenvalue weighted by Crippen LogP contribution is -2.53. The van der Waals surface area contributed by atoms with E-state index >= 15 is 0 Å². The highest BCUT2D eigenvalue weighted by molar-refractivity contribution is 8.93. The fraction of sp³-hybridized carbons (Fsp3) is 0.467. The van der Waals surface area contributed by atoms with Crippen molar-refractivity contribution in [1.82, 2.24) is 5.06 Å². The molecule has 1 aliphatic rings. The Morgan fingerprint density at radius 3 is 2.39 bits per heavy atom. The molecule has 2 rings (SSSR count). The van der Waals surface area contributed by atoms with Gasteiger partial charge in [0.2, 0.25) is 11.9 Å². The monoisotopic (exact) mass is 385 g/mol. The standard InChI is InChI=1S/C15H23N5O2.BrH/c1-11-5-7-12(8-6-11)21-9-4-10-22-20-14(17)18-13(16)19-15(20,2)3;/h5-8H,4,9-10H2,1-3H3,(H4,16,17,18,19);1H. The van der Waals surface area contributed by atoms with Crippen LogP contribution in [0.15, 0.2) is 34.3 Å². The number of halogens is 1. The van der Waals surface area contributed by atoms with Crippen molar-refractivity contribution in [3.8, 4) is 5.75 Å². The van der Waals surface area contributed by atoms with Gasteiger partial charge in [-0.05, 0) is 32.9 Å².